The zero-order chi connectivity index (χ0) is 18.0. The Morgan fingerprint density at radius 3 is 2.69 bits per heavy atom. The second kappa shape index (κ2) is 8.99. The summed E-state index contributed by atoms with van der Waals surface area (Å²) < 4.78 is 32.5. The Labute approximate surface area is 164 Å². The molecule has 26 heavy (non-hydrogen) atoms. The van der Waals surface area contributed by atoms with Gasteiger partial charge in [0.25, 0.3) is 5.91 Å². The van der Waals surface area contributed by atoms with Crippen LogP contribution in [0.3, 0.4) is 0 Å². The summed E-state index contributed by atoms with van der Waals surface area (Å²) in [5, 5.41) is 1.67. The number of piperidine rings is 1. The number of carbonyl (C=O) groups is 1. The summed E-state index contributed by atoms with van der Waals surface area (Å²) in [5.41, 5.74) is 6.00. The van der Waals surface area contributed by atoms with Crippen LogP contribution in [0.1, 0.15) is 29.4 Å². The number of ether oxygens (including phenoxy) is 1. The first kappa shape index (κ1) is 21.6. The fourth-order valence-corrected chi connectivity index (χ4v) is 6.12. The van der Waals surface area contributed by atoms with Crippen LogP contribution < -0.4 is 5.73 Å². The second-order valence-electron chi connectivity index (χ2n) is 6.64. The number of rotatable bonds is 4. The molecule has 7 nitrogen and oxygen atoms in total. The summed E-state index contributed by atoms with van der Waals surface area (Å²) in [6.45, 7) is 4.61. The third-order valence-electron chi connectivity index (χ3n) is 4.90. The molecule has 1 aromatic heterocycles. The van der Waals surface area contributed by atoms with Gasteiger partial charge < -0.3 is 15.4 Å². The largest absolute Gasteiger partial charge is 0.379 e. The first-order chi connectivity index (χ1) is 11.9. The van der Waals surface area contributed by atoms with Crippen LogP contribution in [0, 0.1) is 5.92 Å². The van der Waals surface area contributed by atoms with Crippen LogP contribution in [0.5, 0.6) is 0 Å². The molecule has 148 valence electrons. The van der Waals surface area contributed by atoms with E-state index in [4.69, 9.17) is 10.5 Å². The maximum absolute atomic E-state index is 13.0. The normalized spacial score (nSPS) is 23.3. The van der Waals surface area contributed by atoms with E-state index in [1.54, 1.807) is 10.3 Å². The maximum Gasteiger partial charge on any atom is 0.265 e. The Kier molecular flexibility index (Phi) is 7.46. The van der Waals surface area contributed by atoms with Gasteiger partial charge in [-0.3, -0.25) is 4.79 Å². The molecule has 1 aromatic rings. The highest BCUT2D eigenvalue weighted by Crippen LogP contribution is 2.29. The van der Waals surface area contributed by atoms with Crippen LogP contribution in [0.4, 0.5) is 0 Å². The minimum absolute atomic E-state index is 0. The number of nitrogens with two attached hydrogens (primary N) is 1. The standard InChI is InChI=1S/C16H25N3O4S2.ClH/c1-12(17)13-3-2-5-18(11-13)16(20)15-14(4-10-24-15)25(21,22)19-6-8-23-9-7-19;/h4,10,12-13H,2-3,5-9,11,17H2,1H3;1H. The number of nitrogens with zero attached hydrogens (tertiary/aromatic N) is 2. The fraction of sp³-hybridized carbons (Fsp3) is 0.688. The Balaban J connectivity index is 0.00000243. The summed E-state index contributed by atoms with van der Waals surface area (Å²) in [6, 6.07) is 1.56. The molecule has 1 amide bonds. The van der Waals surface area contributed by atoms with Crippen molar-refractivity contribution in [2.24, 2.45) is 11.7 Å². The van der Waals surface area contributed by atoms with E-state index in [9.17, 15) is 13.2 Å². The first-order valence-corrected chi connectivity index (χ1v) is 10.9. The quantitative estimate of drug-likeness (QED) is 0.789. The van der Waals surface area contributed by atoms with Crippen molar-refractivity contribution in [3.63, 3.8) is 0 Å². The van der Waals surface area contributed by atoms with Crippen molar-refractivity contribution in [1.82, 2.24) is 9.21 Å². The maximum atomic E-state index is 13.0. The average molecular weight is 424 g/mol. The van der Waals surface area contributed by atoms with Gasteiger partial charge in [0.05, 0.1) is 13.2 Å². The molecule has 2 aliphatic heterocycles. The number of morpholine rings is 1. The van der Waals surface area contributed by atoms with Gasteiger partial charge >= 0.3 is 0 Å². The molecule has 2 atom stereocenters. The summed E-state index contributed by atoms with van der Waals surface area (Å²) in [4.78, 5) is 15.1. The lowest BCUT2D eigenvalue weighted by atomic mass is 9.92. The third-order valence-corrected chi connectivity index (χ3v) is 7.87. The van der Waals surface area contributed by atoms with E-state index in [-0.39, 0.29) is 35.2 Å². The predicted octanol–water partition coefficient (Wildman–Crippen LogP) is 1.39. The molecule has 2 N–H and O–H groups in total. The van der Waals surface area contributed by atoms with Crippen LogP contribution in [0.2, 0.25) is 0 Å². The molecule has 0 saturated carbocycles. The van der Waals surface area contributed by atoms with Crippen molar-refractivity contribution in [3.8, 4) is 0 Å². The number of halogens is 1. The second-order valence-corrected chi connectivity index (χ2v) is 9.47. The summed E-state index contributed by atoms with van der Waals surface area (Å²) in [5.74, 6) is 0.0594. The van der Waals surface area contributed by atoms with Crippen LogP contribution in [-0.4, -0.2) is 69.0 Å². The number of hydrogen-bond donors (Lipinski definition) is 1. The highest BCUT2D eigenvalue weighted by molar-refractivity contribution is 7.89. The smallest absolute Gasteiger partial charge is 0.265 e. The molecule has 2 aliphatic rings. The topological polar surface area (TPSA) is 92.9 Å². The van der Waals surface area contributed by atoms with E-state index >= 15 is 0 Å². The molecule has 10 heteroatoms. The minimum Gasteiger partial charge on any atom is -0.379 e. The Morgan fingerprint density at radius 2 is 2.04 bits per heavy atom. The van der Waals surface area contributed by atoms with E-state index in [1.807, 2.05) is 6.92 Å². The molecule has 2 fully saturated rings. The van der Waals surface area contributed by atoms with E-state index in [2.05, 4.69) is 0 Å². The third kappa shape index (κ3) is 4.40. The van der Waals surface area contributed by atoms with Gasteiger partial charge in [-0.1, -0.05) is 0 Å². The van der Waals surface area contributed by atoms with Gasteiger partial charge in [0.1, 0.15) is 9.77 Å². The molecule has 0 bridgehead atoms. The van der Waals surface area contributed by atoms with Crippen LogP contribution in [-0.2, 0) is 14.8 Å². The molecule has 0 spiro atoms. The van der Waals surface area contributed by atoms with E-state index in [1.165, 1.54) is 21.7 Å². The molecular weight excluding hydrogens is 398 g/mol. The number of carbonyl (C=O) groups excluding carboxylic acids is 1. The zero-order valence-electron chi connectivity index (χ0n) is 14.8. The molecule has 2 unspecified atom stereocenters. The average Bonchev–Trinajstić information content (AvgIpc) is 3.12. The van der Waals surface area contributed by atoms with Gasteiger partial charge in [-0.15, -0.1) is 23.7 Å². The number of likely N-dealkylation sites (tertiary alicyclic amines) is 1. The number of thiophene rings is 1. The van der Waals surface area contributed by atoms with Crippen molar-refractivity contribution in [1.29, 1.82) is 0 Å². The zero-order valence-corrected chi connectivity index (χ0v) is 17.2. The molecule has 3 heterocycles. The van der Waals surface area contributed by atoms with Crippen LogP contribution in [0.25, 0.3) is 0 Å². The number of sulfonamides is 1. The Bertz CT molecular complexity index is 717. The van der Waals surface area contributed by atoms with Crippen LogP contribution >= 0.6 is 23.7 Å². The molecule has 2 saturated heterocycles. The van der Waals surface area contributed by atoms with Gasteiger partial charge in [-0.25, -0.2) is 8.42 Å². The van der Waals surface area contributed by atoms with Crippen molar-refractivity contribution in [3.05, 3.63) is 16.3 Å². The van der Waals surface area contributed by atoms with E-state index < -0.39 is 10.0 Å². The fourth-order valence-electron chi connectivity index (χ4n) is 3.35. The molecule has 0 aromatic carbocycles. The predicted molar refractivity (Wildman–Crippen MR) is 103 cm³/mol. The van der Waals surface area contributed by atoms with Gasteiger partial charge in [0, 0.05) is 32.2 Å². The summed E-state index contributed by atoms with van der Waals surface area (Å²) in [6.07, 6.45) is 1.90. The molecule has 0 radical (unpaired) electrons. The monoisotopic (exact) mass is 423 g/mol. The van der Waals surface area contributed by atoms with E-state index in [0.717, 1.165) is 12.8 Å². The highest BCUT2D eigenvalue weighted by atomic mass is 35.5. The minimum atomic E-state index is -3.67. The Hall–Kier alpha value is -0.710. The van der Waals surface area contributed by atoms with Gasteiger partial charge in [0.2, 0.25) is 10.0 Å². The summed E-state index contributed by atoms with van der Waals surface area (Å²) >= 11 is 1.19. The summed E-state index contributed by atoms with van der Waals surface area (Å²) in [7, 11) is -3.67. The lowest BCUT2D eigenvalue weighted by molar-refractivity contribution is 0.0660. The lowest BCUT2D eigenvalue weighted by Gasteiger charge is -2.34. The molecular formula is C16H26ClN3O4S2. The highest BCUT2D eigenvalue weighted by Gasteiger charge is 2.34. The van der Waals surface area contributed by atoms with Crippen molar-refractivity contribution in [2.45, 2.75) is 30.7 Å². The van der Waals surface area contributed by atoms with Gasteiger partial charge in [-0.2, -0.15) is 4.31 Å². The Morgan fingerprint density at radius 1 is 1.35 bits per heavy atom. The van der Waals surface area contributed by atoms with Crippen LogP contribution in [0.15, 0.2) is 16.3 Å². The number of hydrogen-bond acceptors (Lipinski definition) is 6. The number of amides is 1. The lowest BCUT2D eigenvalue weighted by Crippen LogP contribution is -2.45. The molecule has 0 aliphatic carbocycles. The van der Waals surface area contributed by atoms with Crippen molar-refractivity contribution in [2.75, 3.05) is 39.4 Å². The van der Waals surface area contributed by atoms with E-state index in [0.29, 0.717) is 44.3 Å². The van der Waals surface area contributed by atoms with Gasteiger partial charge in [0.15, 0.2) is 0 Å². The van der Waals surface area contributed by atoms with Gasteiger partial charge in [-0.05, 0) is 37.1 Å². The SMILES string of the molecule is CC(N)C1CCCN(C(=O)c2sccc2S(=O)(=O)N2CCOCC2)C1.Cl. The molecule has 3 rings (SSSR count). The first-order valence-electron chi connectivity index (χ1n) is 8.61. The van der Waals surface area contributed by atoms with Crippen molar-refractivity contribution >= 4 is 39.7 Å². The van der Waals surface area contributed by atoms with Crippen molar-refractivity contribution < 1.29 is 17.9 Å².